The van der Waals surface area contributed by atoms with Gasteiger partial charge in [0.1, 0.15) is 11.5 Å². The van der Waals surface area contributed by atoms with Crippen LogP contribution >= 0.6 is 0 Å². The molecule has 2 aromatic rings. The van der Waals surface area contributed by atoms with E-state index in [-0.39, 0.29) is 0 Å². The number of aryl methyl sites for hydroxylation is 1. The lowest BCUT2D eigenvalue weighted by Crippen LogP contribution is -2.06. The lowest BCUT2D eigenvalue weighted by molar-refractivity contribution is 0.742. The summed E-state index contributed by atoms with van der Waals surface area (Å²) in [5.74, 6) is 1.27. The number of anilines is 1. The molecule has 2 heterocycles. The van der Waals surface area contributed by atoms with Crippen molar-refractivity contribution in [3.8, 4) is 11.5 Å². The largest absolute Gasteiger partial charge is 0.383 e. The third-order valence-corrected chi connectivity index (χ3v) is 3.43. The molecule has 94 valence electrons. The molecule has 0 bridgehead atoms. The molecule has 2 N–H and O–H groups in total. The fraction of sp³-hybridized carbons (Fsp3) is 0.462. The van der Waals surface area contributed by atoms with E-state index in [1.807, 2.05) is 19.4 Å². The molecule has 0 saturated heterocycles. The zero-order valence-electron chi connectivity index (χ0n) is 10.7. The number of aromatic nitrogens is 4. The lowest BCUT2D eigenvalue weighted by Gasteiger charge is -2.10. The molecule has 0 aromatic carbocycles. The van der Waals surface area contributed by atoms with Gasteiger partial charge in [0.05, 0.1) is 12.5 Å². The Morgan fingerprint density at radius 3 is 2.78 bits per heavy atom. The molecule has 3 rings (SSSR count). The predicted molar refractivity (Wildman–Crippen MR) is 70.1 cm³/mol. The summed E-state index contributed by atoms with van der Waals surface area (Å²) < 4.78 is 2.15. The minimum atomic E-state index is 0.568. The first-order valence-corrected chi connectivity index (χ1v) is 6.36. The Kier molecular flexibility index (Phi) is 2.54. The van der Waals surface area contributed by atoms with Crippen LogP contribution in [0.15, 0.2) is 12.5 Å². The van der Waals surface area contributed by atoms with Gasteiger partial charge in [-0.3, -0.25) is 0 Å². The van der Waals surface area contributed by atoms with E-state index in [4.69, 9.17) is 5.73 Å². The zero-order valence-corrected chi connectivity index (χ0v) is 10.7. The summed E-state index contributed by atoms with van der Waals surface area (Å²) in [6.45, 7) is 4.05. The standard InChI is InChI=1S/C13H17N5/c1-3-10-8(2)16-13(17-12(10)14)11-6-15-7-18(11)9-4-5-9/h6-7,9H,3-5H2,1-2H3,(H2,14,16,17). The second-order valence-electron chi connectivity index (χ2n) is 4.77. The van der Waals surface area contributed by atoms with Crippen molar-refractivity contribution in [2.45, 2.75) is 39.2 Å². The normalized spacial score (nSPS) is 15.0. The van der Waals surface area contributed by atoms with E-state index in [0.717, 1.165) is 23.4 Å². The molecule has 1 fully saturated rings. The van der Waals surface area contributed by atoms with Gasteiger partial charge in [0.25, 0.3) is 0 Å². The van der Waals surface area contributed by atoms with Gasteiger partial charge in [0, 0.05) is 17.3 Å². The second-order valence-corrected chi connectivity index (χ2v) is 4.77. The van der Waals surface area contributed by atoms with Crippen LogP contribution in [0.5, 0.6) is 0 Å². The van der Waals surface area contributed by atoms with Gasteiger partial charge < -0.3 is 10.3 Å². The average Bonchev–Trinajstić information content (AvgIpc) is 3.06. The third kappa shape index (κ3) is 1.75. The van der Waals surface area contributed by atoms with E-state index in [1.165, 1.54) is 12.8 Å². The Hall–Kier alpha value is -1.91. The van der Waals surface area contributed by atoms with Crippen LogP contribution in [0.3, 0.4) is 0 Å². The second kappa shape index (κ2) is 4.08. The van der Waals surface area contributed by atoms with Gasteiger partial charge in [0.15, 0.2) is 5.82 Å². The maximum absolute atomic E-state index is 6.00. The molecule has 0 amide bonds. The highest BCUT2D eigenvalue weighted by Gasteiger charge is 2.26. The summed E-state index contributed by atoms with van der Waals surface area (Å²) in [5.41, 5.74) is 8.97. The highest BCUT2D eigenvalue weighted by Crippen LogP contribution is 2.37. The molecule has 0 atom stereocenters. The molecule has 5 heteroatoms. The van der Waals surface area contributed by atoms with Crippen LogP contribution in [0, 0.1) is 6.92 Å². The fourth-order valence-corrected chi connectivity index (χ4v) is 2.29. The Balaban J connectivity index is 2.08. The molecule has 1 saturated carbocycles. The van der Waals surface area contributed by atoms with Crippen molar-refractivity contribution in [2.75, 3.05) is 5.73 Å². The first kappa shape index (κ1) is 11.2. The van der Waals surface area contributed by atoms with Crippen LogP contribution in [0.25, 0.3) is 11.5 Å². The first-order chi connectivity index (χ1) is 8.70. The number of imidazole rings is 1. The van der Waals surface area contributed by atoms with Gasteiger partial charge in [0.2, 0.25) is 0 Å². The van der Waals surface area contributed by atoms with Crippen molar-refractivity contribution in [3.63, 3.8) is 0 Å². The van der Waals surface area contributed by atoms with E-state index in [0.29, 0.717) is 17.7 Å². The van der Waals surface area contributed by atoms with E-state index in [9.17, 15) is 0 Å². The third-order valence-electron chi connectivity index (χ3n) is 3.43. The SMILES string of the molecule is CCc1c(C)nc(-c2cncn2C2CC2)nc1N. The van der Waals surface area contributed by atoms with Crippen LogP contribution in [0.1, 0.15) is 37.1 Å². The molecular weight excluding hydrogens is 226 g/mol. The summed E-state index contributed by atoms with van der Waals surface area (Å²) in [6, 6.07) is 0.568. The highest BCUT2D eigenvalue weighted by atomic mass is 15.1. The molecule has 5 nitrogen and oxygen atoms in total. The molecule has 18 heavy (non-hydrogen) atoms. The minimum Gasteiger partial charge on any atom is -0.383 e. The van der Waals surface area contributed by atoms with E-state index in [2.05, 4.69) is 26.4 Å². The van der Waals surface area contributed by atoms with Crippen LogP contribution in [-0.2, 0) is 6.42 Å². The van der Waals surface area contributed by atoms with Crippen LogP contribution in [-0.4, -0.2) is 19.5 Å². The maximum atomic E-state index is 6.00. The molecule has 1 aliphatic carbocycles. The van der Waals surface area contributed by atoms with Gasteiger partial charge in [-0.1, -0.05) is 6.92 Å². The lowest BCUT2D eigenvalue weighted by atomic mass is 10.1. The Labute approximate surface area is 106 Å². The molecular formula is C13H17N5. The van der Waals surface area contributed by atoms with E-state index < -0.39 is 0 Å². The summed E-state index contributed by atoms with van der Waals surface area (Å²) in [4.78, 5) is 13.2. The van der Waals surface area contributed by atoms with Crippen molar-refractivity contribution >= 4 is 5.82 Å². The topological polar surface area (TPSA) is 69.6 Å². The molecule has 2 aromatic heterocycles. The first-order valence-electron chi connectivity index (χ1n) is 6.36. The fourth-order valence-electron chi connectivity index (χ4n) is 2.29. The Morgan fingerprint density at radius 2 is 2.17 bits per heavy atom. The van der Waals surface area contributed by atoms with Crippen molar-refractivity contribution in [1.82, 2.24) is 19.5 Å². The van der Waals surface area contributed by atoms with Crippen molar-refractivity contribution in [3.05, 3.63) is 23.8 Å². The van der Waals surface area contributed by atoms with Gasteiger partial charge in [-0.25, -0.2) is 15.0 Å². The van der Waals surface area contributed by atoms with Gasteiger partial charge in [-0.15, -0.1) is 0 Å². The predicted octanol–water partition coefficient (Wildman–Crippen LogP) is 2.13. The molecule has 0 radical (unpaired) electrons. The Bertz CT molecular complexity index is 560. The molecule has 1 aliphatic rings. The number of hydrogen-bond acceptors (Lipinski definition) is 4. The molecule has 0 unspecified atom stereocenters. The molecule has 0 spiro atoms. The van der Waals surface area contributed by atoms with Crippen LogP contribution in [0.2, 0.25) is 0 Å². The average molecular weight is 243 g/mol. The van der Waals surface area contributed by atoms with Crippen molar-refractivity contribution < 1.29 is 0 Å². The maximum Gasteiger partial charge on any atom is 0.180 e. The highest BCUT2D eigenvalue weighted by molar-refractivity contribution is 5.55. The van der Waals surface area contributed by atoms with E-state index in [1.54, 1.807) is 0 Å². The number of nitrogens with zero attached hydrogens (tertiary/aromatic N) is 4. The smallest absolute Gasteiger partial charge is 0.180 e. The van der Waals surface area contributed by atoms with Gasteiger partial charge >= 0.3 is 0 Å². The van der Waals surface area contributed by atoms with Crippen LogP contribution < -0.4 is 5.73 Å². The van der Waals surface area contributed by atoms with Crippen molar-refractivity contribution in [2.24, 2.45) is 0 Å². The van der Waals surface area contributed by atoms with Gasteiger partial charge in [-0.05, 0) is 26.2 Å². The van der Waals surface area contributed by atoms with Crippen molar-refractivity contribution in [1.29, 1.82) is 0 Å². The van der Waals surface area contributed by atoms with Gasteiger partial charge in [-0.2, -0.15) is 0 Å². The quantitative estimate of drug-likeness (QED) is 0.896. The summed E-state index contributed by atoms with van der Waals surface area (Å²) in [7, 11) is 0. The Morgan fingerprint density at radius 1 is 1.39 bits per heavy atom. The summed E-state index contributed by atoms with van der Waals surface area (Å²) in [6.07, 6.45) is 6.96. The number of nitrogens with two attached hydrogens (primary N) is 1. The summed E-state index contributed by atoms with van der Waals surface area (Å²) >= 11 is 0. The minimum absolute atomic E-state index is 0.568. The number of nitrogen functional groups attached to an aromatic ring is 1. The summed E-state index contributed by atoms with van der Waals surface area (Å²) in [5, 5.41) is 0. The number of rotatable bonds is 3. The number of hydrogen-bond donors (Lipinski definition) is 1. The van der Waals surface area contributed by atoms with E-state index >= 15 is 0 Å². The molecule has 0 aliphatic heterocycles. The monoisotopic (exact) mass is 243 g/mol. The van der Waals surface area contributed by atoms with Crippen LogP contribution in [0.4, 0.5) is 5.82 Å². The zero-order chi connectivity index (χ0) is 12.7.